The van der Waals surface area contributed by atoms with E-state index in [1.165, 1.54) is 5.56 Å². The Kier molecular flexibility index (Phi) is 3.90. The highest BCUT2D eigenvalue weighted by Gasteiger charge is 2.38. The first-order valence-corrected chi connectivity index (χ1v) is 8.83. The summed E-state index contributed by atoms with van der Waals surface area (Å²) >= 11 is 12.3. The van der Waals surface area contributed by atoms with Gasteiger partial charge in [0, 0.05) is 17.2 Å². The minimum atomic E-state index is 0.0999. The lowest BCUT2D eigenvalue weighted by atomic mass is 9.76. The van der Waals surface area contributed by atoms with E-state index in [4.69, 9.17) is 23.2 Å². The molecular weight excluding hydrogens is 341 g/mol. The summed E-state index contributed by atoms with van der Waals surface area (Å²) in [5.74, 6) is 0.833. The van der Waals surface area contributed by atoms with Gasteiger partial charge in [-0.2, -0.15) is 0 Å². The number of nitrogens with one attached hydrogen (secondary N) is 1. The van der Waals surface area contributed by atoms with E-state index in [0.29, 0.717) is 21.9 Å². The average molecular weight is 358 g/mol. The van der Waals surface area contributed by atoms with Crippen molar-refractivity contribution in [1.29, 1.82) is 0 Å². The fourth-order valence-corrected chi connectivity index (χ4v) is 4.16. The van der Waals surface area contributed by atoms with Gasteiger partial charge in [0.25, 0.3) is 0 Å². The minimum absolute atomic E-state index is 0.0999. The first-order valence-electron chi connectivity index (χ1n) is 8.07. The molecule has 0 radical (unpaired) electrons. The molecule has 2 aliphatic rings. The van der Waals surface area contributed by atoms with E-state index in [1.54, 1.807) is 6.92 Å². The summed E-state index contributed by atoms with van der Waals surface area (Å²) in [6.07, 6.45) is 5.50. The summed E-state index contributed by atoms with van der Waals surface area (Å²) in [6, 6.07) is 11.9. The zero-order chi connectivity index (χ0) is 16.8. The molecule has 1 N–H and O–H groups in total. The summed E-state index contributed by atoms with van der Waals surface area (Å²) in [6.45, 7) is 1.61. The third-order valence-electron chi connectivity index (χ3n) is 5.07. The van der Waals surface area contributed by atoms with Crippen molar-refractivity contribution < 1.29 is 4.79 Å². The van der Waals surface area contributed by atoms with E-state index in [2.05, 4.69) is 17.5 Å². The number of anilines is 1. The van der Waals surface area contributed by atoms with Crippen molar-refractivity contribution >= 4 is 34.7 Å². The van der Waals surface area contributed by atoms with Crippen LogP contribution in [0.15, 0.2) is 48.6 Å². The maximum Gasteiger partial charge on any atom is 0.159 e. The number of fused-ring (bicyclic) bond motifs is 3. The van der Waals surface area contributed by atoms with Crippen LogP contribution in [0.2, 0.25) is 10.0 Å². The Hall–Kier alpha value is -1.77. The lowest BCUT2D eigenvalue weighted by Crippen LogP contribution is -2.29. The first kappa shape index (κ1) is 15.7. The summed E-state index contributed by atoms with van der Waals surface area (Å²) < 4.78 is 0. The van der Waals surface area contributed by atoms with Crippen LogP contribution >= 0.6 is 23.2 Å². The second-order valence-corrected chi connectivity index (χ2v) is 7.32. The molecule has 1 aliphatic heterocycles. The van der Waals surface area contributed by atoms with Crippen molar-refractivity contribution in [3.8, 4) is 0 Å². The molecule has 0 saturated heterocycles. The molecule has 1 heterocycles. The van der Waals surface area contributed by atoms with E-state index >= 15 is 0 Å². The van der Waals surface area contributed by atoms with Crippen LogP contribution in [0.1, 0.15) is 46.8 Å². The molecule has 0 spiro atoms. The Morgan fingerprint density at radius 2 is 1.96 bits per heavy atom. The second-order valence-electron chi connectivity index (χ2n) is 6.51. The van der Waals surface area contributed by atoms with Gasteiger partial charge in [-0.15, -0.1) is 0 Å². The summed E-state index contributed by atoms with van der Waals surface area (Å²) in [5.41, 5.74) is 4.20. The Balaban J connectivity index is 1.78. The van der Waals surface area contributed by atoms with Crippen LogP contribution in [0, 0.1) is 5.92 Å². The average Bonchev–Trinajstić information content (AvgIpc) is 3.06. The smallest absolute Gasteiger partial charge is 0.159 e. The molecule has 2 aromatic rings. The Bertz CT molecular complexity index is 859. The van der Waals surface area contributed by atoms with Crippen LogP contribution in [0.3, 0.4) is 0 Å². The molecule has 0 amide bonds. The van der Waals surface area contributed by atoms with Gasteiger partial charge < -0.3 is 5.32 Å². The van der Waals surface area contributed by atoms with Gasteiger partial charge in [0.1, 0.15) is 0 Å². The Labute approximate surface area is 151 Å². The van der Waals surface area contributed by atoms with Gasteiger partial charge >= 0.3 is 0 Å². The number of hydrogen-bond donors (Lipinski definition) is 1. The largest absolute Gasteiger partial charge is 0.378 e. The number of ketones is 1. The highest BCUT2D eigenvalue weighted by atomic mass is 35.5. The van der Waals surface area contributed by atoms with Crippen molar-refractivity contribution in [2.75, 3.05) is 5.32 Å². The van der Waals surface area contributed by atoms with Crippen LogP contribution in [0.4, 0.5) is 5.69 Å². The molecule has 4 heteroatoms. The SMILES string of the molecule is CC(=O)c1ccc2c(c1)[C@@H]1C=CC[C@@H]1[C@@H](c1ccc(Cl)c(Cl)c1)N2. The molecule has 2 nitrogen and oxygen atoms in total. The van der Waals surface area contributed by atoms with Crippen molar-refractivity contribution in [2.45, 2.75) is 25.3 Å². The molecule has 0 bridgehead atoms. The Morgan fingerprint density at radius 1 is 1.12 bits per heavy atom. The van der Waals surface area contributed by atoms with E-state index < -0.39 is 0 Å². The number of Topliss-reactive ketones (excluding diaryl/α,β-unsaturated/α-hetero) is 1. The van der Waals surface area contributed by atoms with Crippen LogP contribution in [-0.4, -0.2) is 5.78 Å². The number of hydrogen-bond acceptors (Lipinski definition) is 2. The predicted octanol–water partition coefficient (Wildman–Crippen LogP) is 6.02. The second kappa shape index (κ2) is 5.94. The van der Waals surface area contributed by atoms with E-state index in [1.807, 2.05) is 36.4 Å². The molecule has 1 aliphatic carbocycles. The zero-order valence-electron chi connectivity index (χ0n) is 13.2. The highest BCUT2D eigenvalue weighted by Crippen LogP contribution is 2.50. The maximum absolute atomic E-state index is 11.7. The van der Waals surface area contributed by atoms with Gasteiger partial charge in [0.15, 0.2) is 5.78 Å². The topological polar surface area (TPSA) is 29.1 Å². The number of benzene rings is 2. The molecule has 3 atom stereocenters. The van der Waals surface area contributed by atoms with Crippen LogP contribution in [0.5, 0.6) is 0 Å². The molecule has 0 fully saturated rings. The van der Waals surface area contributed by atoms with Gasteiger partial charge in [-0.05, 0) is 60.7 Å². The number of rotatable bonds is 2. The van der Waals surface area contributed by atoms with Crippen LogP contribution < -0.4 is 5.32 Å². The van der Waals surface area contributed by atoms with Gasteiger partial charge in [0.2, 0.25) is 0 Å². The van der Waals surface area contributed by atoms with E-state index in [9.17, 15) is 4.79 Å². The number of allylic oxidation sites excluding steroid dienone is 2. The molecule has 0 aromatic heterocycles. The van der Waals surface area contributed by atoms with Crippen molar-refractivity contribution in [1.82, 2.24) is 0 Å². The standard InChI is InChI=1S/C20H17Cl2NO/c1-11(24)12-6-8-19-16(9-12)14-3-2-4-15(14)20(23-19)13-5-7-17(21)18(22)10-13/h2-3,5-10,14-15,20,23H,4H2,1H3/t14-,15+,20-/m1/s1. The first-order chi connectivity index (χ1) is 11.5. The van der Waals surface area contributed by atoms with E-state index in [-0.39, 0.29) is 11.8 Å². The molecule has 4 rings (SSSR count). The lowest BCUT2D eigenvalue weighted by Gasteiger charge is -2.37. The molecular formula is C20H17Cl2NO. The quantitative estimate of drug-likeness (QED) is 0.525. The Morgan fingerprint density at radius 3 is 2.71 bits per heavy atom. The minimum Gasteiger partial charge on any atom is -0.378 e. The molecule has 24 heavy (non-hydrogen) atoms. The molecule has 0 unspecified atom stereocenters. The van der Waals surface area contributed by atoms with Crippen LogP contribution in [-0.2, 0) is 0 Å². The monoisotopic (exact) mass is 357 g/mol. The lowest BCUT2D eigenvalue weighted by molar-refractivity contribution is 0.101. The van der Waals surface area contributed by atoms with Gasteiger partial charge in [-0.1, -0.05) is 41.4 Å². The van der Waals surface area contributed by atoms with Crippen molar-refractivity contribution in [3.63, 3.8) is 0 Å². The molecule has 122 valence electrons. The summed E-state index contributed by atoms with van der Waals surface area (Å²) in [4.78, 5) is 11.7. The van der Waals surface area contributed by atoms with Crippen LogP contribution in [0.25, 0.3) is 0 Å². The maximum atomic E-state index is 11.7. The number of halogens is 2. The zero-order valence-corrected chi connectivity index (χ0v) is 14.7. The molecule has 2 aromatic carbocycles. The highest BCUT2D eigenvalue weighted by molar-refractivity contribution is 6.42. The number of carbonyl (C=O) groups excluding carboxylic acids is 1. The predicted molar refractivity (Wildman–Crippen MR) is 99.3 cm³/mol. The van der Waals surface area contributed by atoms with Crippen molar-refractivity contribution in [3.05, 3.63) is 75.3 Å². The normalized spacial score (nSPS) is 24.2. The number of carbonyl (C=O) groups is 1. The molecule has 0 saturated carbocycles. The fourth-order valence-electron chi connectivity index (χ4n) is 3.85. The summed E-state index contributed by atoms with van der Waals surface area (Å²) in [7, 11) is 0. The van der Waals surface area contributed by atoms with Crippen molar-refractivity contribution in [2.24, 2.45) is 5.92 Å². The fraction of sp³-hybridized carbons (Fsp3) is 0.250. The summed E-state index contributed by atoms with van der Waals surface area (Å²) in [5, 5.41) is 4.80. The third-order valence-corrected chi connectivity index (χ3v) is 5.81. The van der Waals surface area contributed by atoms with Gasteiger partial charge in [0.05, 0.1) is 16.1 Å². The van der Waals surface area contributed by atoms with Gasteiger partial charge in [-0.3, -0.25) is 4.79 Å². The van der Waals surface area contributed by atoms with Gasteiger partial charge in [-0.25, -0.2) is 0 Å². The third kappa shape index (κ3) is 2.54. The van der Waals surface area contributed by atoms with E-state index in [0.717, 1.165) is 23.2 Å².